The van der Waals surface area contributed by atoms with Crippen molar-refractivity contribution in [1.29, 1.82) is 5.26 Å². The van der Waals surface area contributed by atoms with Crippen molar-refractivity contribution in [3.63, 3.8) is 0 Å². The Morgan fingerprint density at radius 3 is 2.47 bits per heavy atom. The lowest BCUT2D eigenvalue weighted by Crippen LogP contribution is -2.14. The van der Waals surface area contributed by atoms with Crippen LogP contribution in [0.4, 0.5) is 13.2 Å². The molecule has 0 fully saturated rings. The summed E-state index contributed by atoms with van der Waals surface area (Å²) in [5.74, 6) is -0.537. The highest BCUT2D eigenvalue weighted by Gasteiger charge is 2.34. The number of halogens is 4. The van der Waals surface area contributed by atoms with Crippen molar-refractivity contribution in [1.82, 2.24) is 0 Å². The maximum absolute atomic E-state index is 12.6. The van der Waals surface area contributed by atoms with Gasteiger partial charge in [0.25, 0.3) is 0 Å². The van der Waals surface area contributed by atoms with Crippen LogP contribution in [0.3, 0.4) is 0 Å². The second kappa shape index (κ2) is 4.88. The van der Waals surface area contributed by atoms with Crippen LogP contribution in [-0.4, -0.2) is 11.1 Å². The van der Waals surface area contributed by atoms with Gasteiger partial charge in [-0.05, 0) is 24.6 Å². The molecule has 0 unspecified atom stereocenters. The Hall–Kier alpha value is -1.35. The van der Waals surface area contributed by atoms with E-state index < -0.39 is 17.5 Å². The maximum Gasteiger partial charge on any atom is 0.416 e. The Morgan fingerprint density at radius 2 is 2.06 bits per heavy atom. The minimum Gasteiger partial charge on any atom is -0.293 e. The van der Waals surface area contributed by atoms with E-state index in [1.54, 1.807) is 6.07 Å². The van der Waals surface area contributed by atoms with E-state index >= 15 is 0 Å². The minimum atomic E-state index is -4.53. The van der Waals surface area contributed by atoms with E-state index in [-0.39, 0.29) is 22.0 Å². The molecule has 1 aromatic rings. The Labute approximate surface area is 104 Å². The zero-order valence-electron chi connectivity index (χ0n) is 8.73. The molecule has 0 saturated heterocycles. The molecule has 17 heavy (non-hydrogen) atoms. The number of nitrogens with zero attached hydrogens (tertiary/aromatic N) is 1. The summed E-state index contributed by atoms with van der Waals surface area (Å²) in [5, 5.41) is 8.66. The number of ketones is 1. The average Bonchev–Trinajstić information content (AvgIpc) is 2.25. The van der Waals surface area contributed by atoms with Crippen LogP contribution in [0.15, 0.2) is 12.1 Å². The Balaban J connectivity index is 3.56. The number of hydrogen-bond donors (Lipinski definition) is 0. The molecule has 0 heterocycles. The van der Waals surface area contributed by atoms with E-state index in [4.69, 9.17) is 5.26 Å². The number of rotatable bonds is 2. The van der Waals surface area contributed by atoms with E-state index in [2.05, 4.69) is 15.9 Å². The van der Waals surface area contributed by atoms with Gasteiger partial charge >= 0.3 is 6.18 Å². The number of hydrogen-bond acceptors (Lipinski definition) is 2. The van der Waals surface area contributed by atoms with Crippen molar-refractivity contribution in [2.75, 3.05) is 5.33 Å². The molecule has 1 aromatic carbocycles. The fourth-order valence-electron chi connectivity index (χ4n) is 1.54. The first-order valence-corrected chi connectivity index (χ1v) is 5.65. The third-order valence-corrected chi connectivity index (χ3v) is 2.80. The van der Waals surface area contributed by atoms with E-state index in [9.17, 15) is 18.0 Å². The fourth-order valence-corrected chi connectivity index (χ4v) is 1.82. The molecule has 90 valence electrons. The Kier molecular flexibility index (Phi) is 3.94. The van der Waals surface area contributed by atoms with Gasteiger partial charge in [-0.3, -0.25) is 4.79 Å². The molecule has 0 spiro atoms. The molecule has 0 aliphatic rings. The van der Waals surface area contributed by atoms with Crippen LogP contribution in [0, 0.1) is 18.3 Å². The van der Waals surface area contributed by atoms with E-state index in [0.29, 0.717) is 0 Å². The van der Waals surface area contributed by atoms with Crippen molar-refractivity contribution in [2.45, 2.75) is 13.1 Å². The Bertz CT molecular complexity index is 503. The first kappa shape index (κ1) is 13.7. The molecule has 6 heteroatoms. The van der Waals surface area contributed by atoms with Crippen molar-refractivity contribution in [3.05, 3.63) is 34.4 Å². The SMILES string of the molecule is Cc1c(C(F)(F)F)ccc(C#N)c1C(=O)CBr. The molecular weight excluding hydrogens is 299 g/mol. The van der Waals surface area contributed by atoms with Crippen molar-refractivity contribution in [3.8, 4) is 6.07 Å². The highest BCUT2D eigenvalue weighted by molar-refractivity contribution is 9.09. The summed E-state index contributed by atoms with van der Waals surface area (Å²) in [6.07, 6.45) is -4.53. The van der Waals surface area contributed by atoms with Gasteiger partial charge in [-0.1, -0.05) is 15.9 Å². The molecule has 0 atom stereocenters. The quantitative estimate of drug-likeness (QED) is 0.620. The lowest BCUT2D eigenvalue weighted by molar-refractivity contribution is -0.138. The highest BCUT2D eigenvalue weighted by Crippen LogP contribution is 2.34. The number of carbonyl (C=O) groups excluding carboxylic acids is 1. The molecule has 0 aromatic heterocycles. The summed E-state index contributed by atoms with van der Waals surface area (Å²) in [6.45, 7) is 1.19. The molecule has 0 aliphatic carbocycles. The summed E-state index contributed by atoms with van der Waals surface area (Å²) in [6, 6.07) is 3.56. The summed E-state index contributed by atoms with van der Waals surface area (Å²) >= 11 is 2.88. The van der Waals surface area contributed by atoms with Crippen molar-refractivity contribution < 1.29 is 18.0 Å². The minimum absolute atomic E-state index is 0.0417. The Morgan fingerprint density at radius 1 is 1.47 bits per heavy atom. The molecular formula is C11H7BrF3NO. The van der Waals surface area contributed by atoms with Crippen LogP contribution in [-0.2, 0) is 6.18 Å². The second-order valence-corrected chi connectivity index (χ2v) is 3.89. The average molecular weight is 306 g/mol. The number of nitriles is 1. The van der Waals surface area contributed by atoms with Crippen molar-refractivity contribution in [2.24, 2.45) is 0 Å². The van der Waals surface area contributed by atoms with Gasteiger partial charge in [0.15, 0.2) is 5.78 Å². The topological polar surface area (TPSA) is 40.9 Å². The maximum atomic E-state index is 12.6. The van der Waals surface area contributed by atoms with Crippen LogP contribution in [0.25, 0.3) is 0 Å². The van der Waals surface area contributed by atoms with Crippen LogP contribution in [0.1, 0.15) is 27.0 Å². The highest BCUT2D eigenvalue weighted by atomic mass is 79.9. The lowest BCUT2D eigenvalue weighted by atomic mass is 9.95. The monoisotopic (exact) mass is 305 g/mol. The number of alkyl halides is 4. The molecule has 0 amide bonds. The molecule has 0 N–H and O–H groups in total. The van der Waals surface area contributed by atoms with Gasteiger partial charge in [-0.15, -0.1) is 0 Å². The summed E-state index contributed by atoms with van der Waals surface area (Å²) in [5.41, 5.74) is -1.30. The van der Waals surface area contributed by atoms with Crippen LogP contribution >= 0.6 is 15.9 Å². The third-order valence-electron chi connectivity index (χ3n) is 2.29. The van der Waals surface area contributed by atoms with E-state index in [0.717, 1.165) is 12.1 Å². The molecule has 0 aliphatic heterocycles. The van der Waals surface area contributed by atoms with Gasteiger partial charge in [0.2, 0.25) is 0 Å². The van der Waals surface area contributed by atoms with Gasteiger partial charge in [0.05, 0.1) is 22.5 Å². The predicted molar refractivity (Wildman–Crippen MR) is 59.0 cm³/mol. The second-order valence-electron chi connectivity index (χ2n) is 3.33. The smallest absolute Gasteiger partial charge is 0.293 e. The van der Waals surface area contributed by atoms with Gasteiger partial charge in [0, 0.05) is 5.56 Å². The van der Waals surface area contributed by atoms with Crippen LogP contribution in [0.2, 0.25) is 0 Å². The summed E-state index contributed by atoms with van der Waals surface area (Å²) in [4.78, 5) is 11.5. The normalized spacial score (nSPS) is 11.1. The van der Waals surface area contributed by atoms with E-state index in [1.165, 1.54) is 6.92 Å². The lowest BCUT2D eigenvalue weighted by Gasteiger charge is -2.13. The van der Waals surface area contributed by atoms with Crippen molar-refractivity contribution >= 4 is 21.7 Å². The first-order chi connectivity index (χ1) is 7.82. The van der Waals surface area contributed by atoms with Gasteiger partial charge in [-0.2, -0.15) is 18.4 Å². The first-order valence-electron chi connectivity index (χ1n) is 4.53. The van der Waals surface area contributed by atoms with E-state index in [1.807, 2.05) is 0 Å². The third kappa shape index (κ3) is 2.67. The number of Topliss-reactive ketones (excluding diaryl/α,β-unsaturated/α-hetero) is 1. The number of benzene rings is 1. The number of carbonyl (C=O) groups is 1. The van der Waals surface area contributed by atoms with Gasteiger partial charge in [-0.25, -0.2) is 0 Å². The van der Waals surface area contributed by atoms with Gasteiger partial charge in [0.1, 0.15) is 0 Å². The molecule has 1 rings (SSSR count). The molecule has 0 bridgehead atoms. The van der Waals surface area contributed by atoms with Gasteiger partial charge < -0.3 is 0 Å². The zero-order chi connectivity index (χ0) is 13.2. The predicted octanol–water partition coefficient (Wildman–Crippen LogP) is 3.46. The van der Waals surface area contributed by atoms with Crippen LogP contribution < -0.4 is 0 Å². The standard InChI is InChI=1S/C11H7BrF3NO/c1-6-8(11(13,14)15)3-2-7(5-16)10(6)9(17)4-12/h2-3H,4H2,1H3. The summed E-state index contributed by atoms with van der Waals surface area (Å²) < 4.78 is 37.9. The zero-order valence-corrected chi connectivity index (χ0v) is 10.3. The largest absolute Gasteiger partial charge is 0.416 e. The fraction of sp³-hybridized carbons (Fsp3) is 0.273. The molecule has 0 saturated carbocycles. The summed E-state index contributed by atoms with van der Waals surface area (Å²) in [7, 11) is 0. The molecule has 0 radical (unpaired) electrons. The molecule has 2 nitrogen and oxygen atoms in total. The van der Waals surface area contributed by atoms with Crippen LogP contribution in [0.5, 0.6) is 0 Å².